The highest BCUT2D eigenvalue weighted by atomic mass is 16.1. The zero-order chi connectivity index (χ0) is 14.1. The second-order valence-corrected chi connectivity index (χ2v) is 5.92. The van der Waals surface area contributed by atoms with Crippen molar-refractivity contribution in [1.82, 2.24) is 4.57 Å². The summed E-state index contributed by atoms with van der Waals surface area (Å²) in [5, 5.41) is 1.06. The van der Waals surface area contributed by atoms with Crippen LogP contribution in [0.1, 0.15) is 42.5 Å². The van der Waals surface area contributed by atoms with Gasteiger partial charge in [-0.15, -0.1) is 0 Å². The van der Waals surface area contributed by atoms with Gasteiger partial charge in [-0.25, -0.2) is 0 Å². The van der Waals surface area contributed by atoms with Gasteiger partial charge in [-0.1, -0.05) is 19.3 Å². The lowest BCUT2D eigenvalue weighted by molar-refractivity contribution is 0.112. The second-order valence-electron chi connectivity index (χ2n) is 5.92. The Labute approximate surface area is 120 Å². The van der Waals surface area contributed by atoms with Gasteiger partial charge in [0.05, 0.1) is 0 Å². The Morgan fingerprint density at radius 1 is 1.25 bits per heavy atom. The third kappa shape index (κ3) is 2.21. The molecule has 0 bridgehead atoms. The van der Waals surface area contributed by atoms with Crippen LogP contribution < -0.4 is 4.90 Å². The molecule has 1 aromatic carbocycles. The molecule has 1 aliphatic rings. The molecule has 3 nitrogen and oxygen atoms in total. The van der Waals surface area contributed by atoms with Crippen LogP contribution in [-0.4, -0.2) is 23.9 Å². The number of aromatic nitrogens is 1. The molecular formula is C17H22N2O. The zero-order valence-electron chi connectivity index (χ0n) is 12.3. The summed E-state index contributed by atoms with van der Waals surface area (Å²) < 4.78 is 2.02. The van der Waals surface area contributed by atoms with Gasteiger partial charge in [0.15, 0.2) is 6.29 Å². The summed E-state index contributed by atoms with van der Waals surface area (Å²) in [6.45, 7) is 0. The Morgan fingerprint density at radius 2 is 2.00 bits per heavy atom. The highest BCUT2D eigenvalue weighted by Crippen LogP contribution is 2.29. The van der Waals surface area contributed by atoms with E-state index in [9.17, 15) is 4.79 Å². The van der Waals surface area contributed by atoms with Gasteiger partial charge >= 0.3 is 0 Å². The number of carbonyl (C=O) groups is 1. The number of hydrogen-bond acceptors (Lipinski definition) is 2. The molecule has 1 fully saturated rings. The maximum atomic E-state index is 11.2. The molecule has 1 aromatic heterocycles. The molecular weight excluding hydrogens is 248 g/mol. The summed E-state index contributed by atoms with van der Waals surface area (Å²) in [5.74, 6) is 0. The highest BCUT2D eigenvalue weighted by molar-refractivity contribution is 5.99. The van der Waals surface area contributed by atoms with Gasteiger partial charge in [-0.3, -0.25) is 4.79 Å². The van der Waals surface area contributed by atoms with Crippen molar-refractivity contribution < 1.29 is 4.79 Å². The van der Waals surface area contributed by atoms with Gasteiger partial charge in [-0.05, 0) is 31.0 Å². The number of nitrogens with zero attached hydrogens (tertiary/aromatic N) is 2. The molecule has 0 atom stereocenters. The number of fused-ring (bicyclic) bond motifs is 1. The largest absolute Gasteiger partial charge is 0.372 e. The van der Waals surface area contributed by atoms with Crippen molar-refractivity contribution in [1.29, 1.82) is 0 Å². The smallest absolute Gasteiger partial charge is 0.152 e. The molecule has 0 saturated heterocycles. The van der Waals surface area contributed by atoms with Crippen molar-refractivity contribution in [2.45, 2.75) is 38.1 Å². The summed E-state index contributed by atoms with van der Waals surface area (Å²) in [6, 6.07) is 7.10. The molecule has 0 N–H and O–H groups in total. The number of carbonyl (C=O) groups excluding carboxylic acids is 1. The summed E-state index contributed by atoms with van der Waals surface area (Å²) >= 11 is 0. The lowest BCUT2D eigenvalue weighted by Crippen LogP contribution is -2.33. The van der Waals surface area contributed by atoms with E-state index in [2.05, 4.69) is 30.1 Å². The number of aryl methyl sites for hydroxylation is 1. The van der Waals surface area contributed by atoms with Crippen LogP contribution >= 0.6 is 0 Å². The predicted octanol–water partition coefficient (Wildman–Crippen LogP) is 3.76. The first kappa shape index (κ1) is 13.2. The molecule has 20 heavy (non-hydrogen) atoms. The topological polar surface area (TPSA) is 25.2 Å². The summed E-state index contributed by atoms with van der Waals surface area (Å²) in [6.07, 6.45) is 9.46. The van der Waals surface area contributed by atoms with Crippen LogP contribution in [-0.2, 0) is 7.05 Å². The van der Waals surface area contributed by atoms with E-state index >= 15 is 0 Å². The lowest BCUT2D eigenvalue weighted by atomic mass is 9.94. The minimum Gasteiger partial charge on any atom is -0.372 e. The Balaban J connectivity index is 1.97. The average Bonchev–Trinajstić information content (AvgIpc) is 2.83. The van der Waals surface area contributed by atoms with Crippen LogP contribution in [0.15, 0.2) is 24.4 Å². The minimum atomic E-state index is 0.643. The quantitative estimate of drug-likeness (QED) is 0.793. The van der Waals surface area contributed by atoms with E-state index in [0.717, 1.165) is 22.8 Å². The van der Waals surface area contributed by atoms with Crippen LogP contribution in [0.5, 0.6) is 0 Å². The van der Waals surface area contributed by atoms with E-state index in [-0.39, 0.29) is 0 Å². The number of hydrogen-bond donors (Lipinski definition) is 0. The SMILES string of the molecule is CN(c1ccc2c(c1)c(C=O)cn2C)C1CCCCC1. The molecule has 1 aliphatic carbocycles. The third-order valence-electron chi connectivity index (χ3n) is 4.66. The van der Waals surface area contributed by atoms with Crippen molar-refractivity contribution in [2.24, 2.45) is 7.05 Å². The van der Waals surface area contributed by atoms with E-state index in [1.54, 1.807) is 0 Å². The van der Waals surface area contributed by atoms with Gasteiger partial charge < -0.3 is 9.47 Å². The standard InChI is InChI=1S/C17H22N2O/c1-18-11-13(12-20)16-10-15(8-9-17(16)18)19(2)14-6-4-3-5-7-14/h8-12,14H,3-7H2,1-2H3. The van der Waals surface area contributed by atoms with Crippen molar-refractivity contribution in [3.63, 3.8) is 0 Å². The molecule has 0 radical (unpaired) electrons. The Bertz CT molecular complexity index is 623. The molecule has 0 aliphatic heterocycles. The van der Waals surface area contributed by atoms with Crippen LogP contribution in [0.3, 0.4) is 0 Å². The number of aldehydes is 1. The van der Waals surface area contributed by atoms with E-state index in [0.29, 0.717) is 6.04 Å². The van der Waals surface area contributed by atoms with Gasteiger partial charge in [0.25, 0.3) is 0 Å². The Morgan fingerprint density at radius 3 is 2.70 bits per heavy atom. The molecule has 2 aromatic rings. The Hall–Kier alpha value is -1.77. The first-order valence-corrected chi connectivity index (χ1v) is 7.48. The Kier molecular flexibility index (Phi) is 3.51. The molecule has 0 unspecified atom stereocenters. The van der Waals surface area contributed by atoms with Crippen molar-refractivity contribution in [2.75, 3.05) is 11.9 Å². The fourth-order valence-electron chi connectivity index (χ4n) is 3.40. The first-order chi connectivity index (χ1) is 9.70. The van der Waals surface area contributed by atoms with Crippen molar-refractivity contribution in [3.05, 3.63) is 30.0 Å². The van der Waals surface area contributed by atoms with Gasteiger partial charge in [0.2, 0.25) is 0 Å². The molecule has 3 rings (SSSR count). The fourth-order valence-corrected chi connectivity index (χ4v) is 3.40. The highest BCUT2D eigenvalue weighted by Gasteiger charge is 2.19. The van der Waals surface area contributed by atoms with Crippen LogP contribution in [0.4, 0.5) is 5.69 Å². The molecule has 1 heterocycles. The predicted molar refractivity (Wildman–Crippen MR) is 83.6 cm³/mol. The number of benzene rings is 1. The van der Waals surface area contributed by atoms with Gasteiger partial charge in [-0.2, -0.15) is 0 Å². The fraction of sp³-hybridized carbons (Fsp3) is 0.471. The van der Waals surface area contributed by atoms with Crippen LogP contribution in [0.25, 0.3) is 10.9 Å². The van der Waals surface area contributed by atoms with Crippen molar-refractivity contribution in [3.8, 4) is 0 Å². The van der Waals surface area contributed by atoms with Crippen LogP contribution in [0, 0.1) is 0 Å². The molecule has 0 spiro atoms. The monoisotopic (exact) mass is 270 g/mol. The van der Waals surface area contributed by atoms with E-state index < -0.39 is 0 Å². The summed E-state index contributed by atoms with van der Waals surface area (Å²) in [5.41, 5.74) is 3.12. The molecule has 0 amide bonds. The maximum Gasteiger partial charge on any atom is 0.152 e. The maximum absolute atomic E-state index is 11.2. The summed E-state index contributed by atoms with van der Waals surface area (Å²) in [4.78, 5) is 13.6. The number of anilines is 1. The third-order valence-corrected chi connectivity index (χ3v) is 4.66. The minimum absolute atomic E-state index is 0.643. The van der Waals surface area contributed by atoms with Gasteiger partial charge in [0.1, 0.15) is 0 Å². The lowest BCUT2D eigenvalue weighted by Gasteiger charge is -2.33. The first-order valence-electron chi connectivity index (χ1n) is 7.48. The number of rotatable bonds is 3. The zero-order valence-corrected chi connectivity index (χ0v) is 12.3. The normalized spacial score (nSPS) is 16.5. The molecule has 1 saturated carbocycles. The van der Waals surface area contributed by atoms with E-state index in [1.165, 1.54) is 37.8 Å². The molecule has 106 valence electrons. The summed E-state index contributed by atoms with van der Waals surface area (Å²) in [7, 11) is 4.17. The van der Waals surface area contributed by atoms with Gasteiger partial charge in [0, 0.05) is 48.5 Å². The second kappa shape index (κ2) is 5.31. The van der Waals surface area contributed by atoms with Crippen molar-refractivity contribution >= 4 is 22.9 Å². The average molecular weight is 270 g/mol. The molecule has 3 heteroatoms. The van der Waals surface area contributed by atoms with E-state index in [4.69, 9.17) is 0 Å². The van der Waals surface area contributed by atoms with E-state index in [1.807, 2.05) is 17.8 Å². The van der Waals surface area contributed by atoms with Crippen LogP contribution in [0.2, 0.25) is 0 Å².